The van der Waals surface area contributed by atoms with E-state index in [9.17, 15) is 0 Å². The number of rotatable bonds is 9. The number of hydrogen-bond donors (Lipinski definition) is 0. The molecule has 0 unspecified atom stereocenters. The van der Waals surface area contributed by atoms with Crippen LogP contribution in [0.4, 0.5) is 0 Å². The Balaban J connectivity index is 4.22. The van der Waals surface area contributed by atoms with E-state index in [2.05, 4.69) is 32.6 Å². The third kappa shape index (κ3) is 6.07. The van der Waals surface area contributed by atoms with Crippen LogP contribution in [-0.2, 0) is 4.74 Å². The molecule has 0 saturated carbocycles. The molecule has 0 radical (unpaired) electrons. The Morgan fingerprint density at radius 2 is 1.75 bits per heavy atom. The molecule has 3 heteroatoms. The summed E-state index contributed by atoms with van der Waals surface area (Å²) in [6, 6.07) is 0.659. The van der Waals surface area contributed by atoms with Crippen LogP contribution in [0.2, 0.25) is 0 Å². The Morgan fingerprint density at radius 1 is 1.19 bits per heavy atom. The zero-order chi connectivity index (χ0) is 12.6. The van der Waals surface area contributed by atoms with E-state index in [0.29, 0.717) is 11.9 Å². The smallest absolute Gasteiger partial charge is 0.0634 e. The van der Waals surface area contributed by atoms with Gasteiger partial charge in [-0.15, -0.1) is 11.6 Å². The van der Waals surface area contributed by atoms with E-state index in [1.54, 1.807) is 7.11 Å². The molecule has 2 nitrogen and oxygen atoms in total. The van der Waals surface area contributed by atoms with Crippen LogP contribution in [-0.4, -0.2) is 42.6 Å². The van der Waals surface area contributed by atoms with Crippen LogP contribution in [0.5, 0.6) is 0 Å². The lowest BCUT2D eigenvalue weighted by Gasteiger charge is -2.33. The van der Waals surface area contributed by atoms with Crippen molar-refractivity contribution in [3.05, 3.63) is 0 Å². The van der Waals surface area contributed by atoms with Crippen molar-refractivity contribution < 1.29 is 4.74 Å². The van der Waals surface area contributed by atoms with Gasteiger partial charge in [-0.3, -0.25) is 4.90 Å². The topological polar surface area (TPSA) is 12.5 Å². The zero-order valence-corrected chi connectivity index (χ0v) is 12.3. The molecule has 0 fully saturated rings. The Kier molecular flexibility index (Phi) is 8.43. The molecule has 98 valence electrons. The number of nitrogens with zero attached hydrogens (tertiary/aromatic N) is 1. The summed E-state index contributed by atoms with van der Waals surface area (Å²) >= 11 is 5.87. The van der Waals surface area contributed by atoms with Crippen molar-refractivity contribution in [1.82, 2.24) is 4.90 Å². The van der Waals surface area contributed by atoms with Crippen LogP contribution in [0.1, 0.15) is 47.0 Å². The predicted molar refractivity (Wildman–Crippen MR) is 72.4 cm³/mol. The Bertz CT molecular complexity index is 169. The van der Waals surface area contributed by atoms with Gasteiger partial charge in [-0.2, -0.15) is 0 Å². The number of methoxy groups -OCH3 is 1. The van der Waals surface area contributed by atoms with Crippen molar-refractivity contribution in [3.8, 4) is 0 Å². The normalized spacial score (nSPS) is 12.8. The second kappa shape index (κ2) is 8.32. The molecule has 0 aliphatic rings. The molecular formula is C13H28ClNO. The maximum Gasteiger partial charge on any atom is 0.0634 e. The molecule has 0 bridgehead atoms. The summed E-state index contributed by atoms with van der Waals surface area (Å²) in [5.41, 5.74) is -0.0312. The van der Waals surface area contributed by atoms with Crippen LogP contribution in [0.25, 0.3) is 0 Å². The first-order valence-electron chi connectivity index (χ1n) is 6.35. The minimum absolute atomic E-state index is 0.0312. The van der Waals surface area contributed by atoms with Gasteiger partial charge in [0.25, 0.3) is 0 Å². The second-order valence-corrected chi connectivity index (χ2v) is 5.29. The highest BCUT2D eigenvalue weighted by atomic mass is 35.5. The van der Waals surface area contributed by atoms with Crippen LogP contribution < -0.4 is 0 Å². The third-order valence-corrected chi connectivity index (χ3v) is 3.55. The minimum Gasteiger partial charge on any atom is -0.379 e. The third-order valence-electron chi connectivity index (χ3n) is 3.38. The summed E-state index contributed by atoms with van der Waals surface area (Å²) < 4.78 is 5.45. The standard InChI is InChI=1S/C13H28ClNO/c1-6-12(7-2)15(11-9-14)10-8-13(3,4)16-5/h12H,6-11H2,1-5H3. The largest absolute Gasteiger partial charge is 0.379 e. The number of halogens is 1. The van der Waals surface area contributed by atoms with Gasteiger partial charge in [0, 0.05) is 32.1 Å². The van der Waals surface area contributed by atoms with E-state index < -0.39 is 0 Å². The lowest BCUT2D eigenvalue weighted by Crippen LogP contribution is -2.39. The molecule has 0 amide bonds. The SMILES string of the molecule is CCC(CC)N(CCCl)CCC(C)(C)OC. The summed E-state index contributed by atoms with van der Waals surface area (Å²) in [7, 11) is 1.78. The van der Waals surface area contributed by atoms with Gasteiger partial charge in [-0.25, -0.2) is 0 Å². The average molecular weight is 250 g/mol. The van der Waals surface area contributed by atoms with Gasteiger partial charge in [0.15, 0.2) is 0 Å². The first-order chi connectivity index (χ1) is 7.50. The molecular weight excluding hydrogens is 222 g/mol. The first kappa shape index (κ1) is 16.2. The number of ether oxygens (including phenoxy) is 1. The summed E-state index contributed by atoms with van der Waals surface area (Å²) in [4.78, 5) is 2.49. The van der Waals surface area contributed by atoms with Crippen molar-refractivity contribution in [2.24, 2.45) is 0 Å². The van der Waals surface area contributed by atoms with E-state index in [-0.39, 0.29) is 5.60 Å². The van der Waals surface area contributed by atoms with Crippen molar-refractivity contribution in [2.75, 3.05) is 26.1 Å². The maximum atomic E-state index is 5.87. The molecule has 0 heterocycles. The monoisotopic (exact) mass is 249 g/mol. The van der Waals surface area contributed by atoms with E-state index in [4.69, 9.17) is 16.3 Å². The quantitative estimate of drug-likeness (QED) is 0.580. The fourth-order valence-corrected chi connectivity index (χ4v) is 2.12. The molecule has 0 atom stereocenters. The maximum absolute atomic E-state index is 5.87. The minimum atomic E-state index is -0.0312. The lowest BCUT2D eigenvalue weighted by atomic mass is 10.0. The van der Waals surface area contributed by atoms with Crippen molar-refractivity contribution in [1.29, 1.82) is 0 Å². The van der Waals surface area contributed by atoms with Crippen molar-refractivity contribution in [2.45, 2.75) is 58.6 Å². The van der Waals surface area contributed by atoms with Crippen LogP contribution in [0, 0.1) is 0 Å². The highest BCUT2D eigenvalue weighted by Crippen LogP contribution is 2.16. The van der Waals surface area contributed by atoms with E-state index in [1.165, 1.54) is 12.8 Å². The molecule has 0 spiro atoms. The van der Waals surface area contributed by atoms with Crippen molar-refractivity contribution in [3.63, 3.8) is 0 Å². The molecule has 0 aliphatic carbocycles. The van der Waals surface area contributed by atoms with E-state index >= 15 is 0 Å². The zero-order valence-electron chi connectivity index (χ0n) is 11.6. The van der Waals surface area contributed by atoms with Crippen molar-refractivity contribution >= 4 is 11.6 Å². The van der Waals surface area contributed by atoms with Crippen LogP contribution in [0.3, 0.4) is 0 Å². The Morgan fingerprint density at radius 3 is 2.12 bits per heavy atom. The fraction of sp³-hybridized carbons (Fsp3) is 1.00. The highest BCUT2D eigenvalue weighted by Gasteiger charge is 2.20. The number of alkyl halides is 1. The molecule has 0 aliphatic heterocycles. The average Bonchev–Trinajstić information content (AvgIpc) is 2.27. The number of hydrogen-bond acceptors (Lipinski definition) is 2. The van der Waals surface area contributed by atoms with Gasteiger partial charge in [0.05, 0.1) is 5.60 Å². The first-order valence-corrected chi connectivity index (χ1v) is 6.89. The van der Waals surface area contributed by atoms with Gasteiger partial charge < -0.3 is 4.74 Å². The van der Waals surface area contributed by atoms with Crippen LogP contribution in [0.15, 0.2) is 0 Å². The molecule has 0 rings (SSSR count). The van der Waals surface area contributed by atoms with Crippen LogP contribution >= 0.6 is 11.6 Å². The van der Waals surface area contributed by atoms with Gasteiger partial charge in [0.2, 0.25) is 0 Å². The molecule has 0 aromatic heterocycles. The molecule has 0 aromatic carbocycles. The molecule has 0 saturated heterocycles. The Hall–Kier alpha value is 0.210. The molecule has 0 N–H and O–H groups in total. The summed E-state index contributed by atoms with van der Waals surface area (Å²) in [5, 5.41) is 0. The van der Waals surface area contributed by atoms with E-state index in [1.807, 2.05) is 0 Å². The predicted octanol–water partition coefficient (Wildman–Crippen LogP) is 3.53. The highest BCUT2D eigenvalue weighted by molar-refractivity contribution is 6.18. The summed E-state index contributed by atoms with van der Waals surface area (Å²) in [6.07, 6.45) is 3.44. The summed E-state index contributed by atoms with van der Waals surface area (Å²) in [5.74, 6) is 0.712. The van der Waals surface area contributed by atoms with Gasteiger partial charge in [-0.05, 0) is 33.1 Å². The Labute approximate surface area is 106 Å². The van der Waals surface area contributed by atoms with Gasteiger partial charge in [-0.1, -0.05) is 13.8 Å². The summed E-state index contributed by atoms with van der Waals surface area (Å²) in [6.45, 7) is 10.8. The van der Waals surface area contributed by atoms with Gasteiger partial charge in [0.1, 0.15) is 0 Å². The second-order valence-electron chi connectivity index (χ2n) is 4.91. The molecule has 16 heavy (non-hydrogen) atoms. The fourth-order valence-electron chi connectivity index (χ4n) is 1.91. The van der Waals surface area contributed by atoms with Gasteiger partial charge >= 0.3 is 0 Å². The van der Waals surface area contributed by atoms with E-state index in [0.717, 1.165) is 19.5 Å². The molecule has 0 aromatic rings. The lowest BCUT2D eigenvalue weighted by molar-refractivity contribution is 0.00406.